The summed E-state index contributed by atoms with van der Waals surface area (Å²) < 4.78 is 5.76. The first kappa shape index (κ1) is 8.96. The van der Waals surface area contributed by atoms with Crippen molar-refractivity contribution in [2.75, 3.05) is 0 Å². The zero-order valence-corrected chi connectivity index (χ0v) is 9.28. The smallest absolute Gasteiger partial charge is 0.278 e. The van der Waals surface area contributed by atoms with E-state index in [-0.39, 0.29) is 0 Å². The Balaban J connectivity index is 2.41. The Bertz CT molecular complexity index is 412. The lowest BCUT2D eigenvalue weighted by molar-refractivity contribution is 0.537. The van der Waals surface area contributed by atoms with Crippen molar-refractivity contribution in [3.05, 3.63) is 33.2 Å². The summed E-state index contributed by atoms with van der Waals surface area (Å²) in [6.07, 6.45) is 0. The van der Waals surface area contributed by atoms with Crippen LogP contribution in [0.15, 0.2) is 28.7 Å². The highest BCUT2D eigenvalue weighted by molar-refractivity contribution is 14.1. The molecule has 1 heterocycles. The van der Waals surface area contributed by atoms with Crippen LogP contribution in [0.3, 0.4) is 0 Å². The molecule has 0 radical (unpaired) electrons. The summed E-state index contributed by atoms with van der Waals surface area (Å²) in [5, 5.41) is 8.29. The van der Waals surface area contributed by atoms with E-state index in [1.165, 1.54) is 0 Å². The topological polar surface area (TPSA) is 38.9 Å². The van der Waals surface area contributed by atoms with Crippen LogP contribution in [0.4, 0.5) is 0 Å². The number of hydrogen-bond acceptors (Lipinski definition) is 3. The summed E-state index contributed by atoms with van der Waals surface area (Å²) in [5.74, 6) is 0.515. The third kappa shape index (κ3) is 2.00. The average Bonchev–Trinajstić information content (AvgIpc) is 2.53. The molecule has 1 aromatic heterocycles. The molecule has 0 atom stereocenters. The highest BCUT2D eigenvalue weighted by Gasteiger charge is 2.05. The predicted octanol–water partition coefficient (Wildman–Crippen LogP) is 2.99. The molecule has 0 N–H and O–H groups in total. The maximum Gasteiger partial charge on any atom is 0.278 e. The third-order valence-corrected chi connectivity index (χ3v) is 2.18. The fraction of sp³-hybridized carbons (Fsp3) is 0. The van der Waals surface area contributed by atoms with Gasteiger partial charge in [0.15, 0.2) is 0 Å². The minimum atomic E-state index is 0.515. The molecule has 0 unspecified atom stereocenters. The van der Waals surface area contributed by atoms with Crippen LogP contribution in [0.5, 0.6) is 0 Å². The highest BCUT2D eigenvalue weighted by atomic mass is 127. The second kappa shape index (κ2) is 3.63. The highest BCUT2D eigenvalue weighted by Crippen LogP contribution is 2.20. The molecule has 0 spiro atoms. The van der Waals surface area contributed by atoms with Crippen molar-refractivity contribution in [2.24, 2.45) is 0 Å². The van der Waals surface area contributed by atoms with Crippen molar-refractivity contribution in [3.63, 3.8) is 0 Å². The zero-order valence-electron chi connectivity index (χ0n) is 6.37. The van der Waals surface area contributed by atoms with E-state index in [0.29, 0.717) is 14.8 Å². The van der Waals surface area contributed by atoms with Gasteiger partial charge in [0.2, 0.25) is 5.89 Å². The molecular formula is C8H4ClIN2O. The van der Waals surface area contributed by atoms with Gasteiger partial charge >= 0.3 is 0 Å². The molecule has 0 aliphatic carbocycles. The number of rotatable bonds is 1. The molecule has 0 aliphatic rings. The molecule has 13 heavy (non-hydrogen) atoms. The van der Waals surface area contributed by atoms with Gasteiger partial charge in [-0.15, -0.1) is 10.2 Å². The summed E-state index contributed by atoms with van der Waals surface area (Å²) >= 11 is 7.70. The lowest BCUT2D eigenvalue weighted by Gasteiger charge is -1.92. The number of benzene rings is 1. The SMILES string of the molecule is Clc1ccc(-c2nnc(I)o2)cc1. The van der Waals surface area contributed by atoms with Crippen molar-refractivity contribution < 1.29 is 4.42 Å². The van der Waals surface area contributed by atoms with Gasteiger partial charge in [0.25, 0.3) is 3.90 Å². The molecular weight excluding hydrogens is 302 g/mol. The van der Waals surface area contributed by atoms with E-state index in [4.69, 9.17) is 16.0 Å². The van der Waals surface area contributed by atoms with Crippen LogP contribution in [0.25, 0.3) is 11.5 Å². The Kier molecular flexibility index (Phi) is 2.50. The molecule has 0 bridgehead atoms. The Hall–Kier alpha value is -0.620. The lowest BCUT2D eigenvalue weighted by Crippen LogP contribution is -1.76. The quantitative estimate of drug-likeness (QED) is 0.760. The first-order valence-electron chi connectivity index (χ1n) is 3.50. The second-order valence-electron chi connectivity index (χ2n) is 2.37. The van der Waals surface area contributed by atoms with Crippen LogP contribution in [0, 0.1) is 3.90 Å². The average molecular weight is 306 g/mol. The van der Waals surface area contributed by atoms with E-state index in [0.717, 1.165) is 5.56 Å². The number of hydrogen-bond donors (Lipinski definition) is 0. The van der Waals surface area contributed by atoms with Crippen molar-refractivity contribution in [1.29, 1.82) is 0 Å². The lowest BCUT2D eigenvalue weighted by atomic mass is 10.2. The van der Waals surface area contributed by atoms with Crippen molar-refractivity contribution in [1.82, 2.24) is 10.2 Å². The van der Waals surface area contributed by atoms with E-state index in [1.54, 1.807) is 12.1 Å². The van der Waals surface area contributed by atoms with Crippen molar-refractivity contribution >= 4 is 34.2 Å². The maximum atomic E-state index is 5.74. The number of aromatic nitrogens is 2. The van der Waals surface area contributed by atoms with Gasteiger partial charge in [-0.1, -0.05) is 11.6 Å². The maximum absolute atomic E-state index is 5.74. The standard InChI is InChI=1S/C8H4ClIN2O/c9-6-3-1-5(2-4-6)7-11-12-8(10)13-7/h1-4H. The Labute approximate surface area is 93.3 Å². The minimum absolute atomic E-state index is 0.515. The molecule has 1 aromatic carbocycles. The van der Waals surface area contributed by atoms with Crippen molar-refractivity contribution in [3.8, 4) is 11.5 Å². The number of halogens is 2. The molecule has 0 saturated heterocycles. The third-order valence-electron chi connectivity index (χ3n) is 1.49. The van der Waals surface area contributed by atoms with Crippen LogP contribution in [0.2, 0.25) is 5.02 Å². The normalized spacial score (nSPS) is 10.3. The van der Waals surface area contributed by atoms with Gasteiger partial charge < -0.3 is 4.42 Å². The summed E-state index contributed by atoms with van der Waals surface area (Å²) in [7, 11) is 0. The van der Waals surface area contributed by atoms with Crippen molar-refractivity contribution in [2.45, 2.75) is 0 Å². The predicted molar refractivity (Wildman–Crippen MR) is 57.5 cm³/mol. The van der Waals surface area contributed by atoms with Gasteiger partial charge in [0.05, 0.1) is 0 Å². The number of nitrogens with zero attached hydrogens (tertiary/aromatic N) is 2. The summed E-state index contributed by atoms with van der Waals surface area (Å²) in [4.78, 5) is 0. The molecule has 0 aliphatic heterocycles. The van der Waals surface area contributed by atoms with E-state index < -0.39 is 0 Å². The van der Waals surface area contributed by atoms with Crippen LogP contribution >= 0.6 is 34.2 Å². The van der Waals surface area contributed by atoms with Crippen LogP contribution in [-0.2, 0) is 0 Å². The van der Waals surface area contributed by atoms with Gasteiger partial charge in [-0.25, -0.2) is 0 Å². The first-order chi connectivity index (χ1) is 6.25. The van der Waals surface area contributed by atoms with Gasteiger partial charge in [-0.2, -0.15) is 0 Å². The molecule has 2 aromatic rings. The summed E-state index contributed by atoms with van der Waals surface area (Å²) in [6, 6.07) is 7.25. The van der Waals surface area contributed by atoms with E-state index >= 15 is 0 Å². The zero-order chi connectivity index (χ0) is 9.26. The van der Waals surface area contributed by atoms with Gasteiger partial charge in [0, 0.05) is 33.2 Å². The van der Waals surface area contributed by atoms with E-state index in [2.05, 4.69) is 10.2 Å². The molecule has 2 rings (SSSR count). The first-order valence-corrected chi connectivity index (χ1v) is 4.96. The Morgan fingerprint density at radius 3 is 2.38 bits per heavy atom. The summed E-state index contributed by atoms with van der Waals surface area (Å²) in [5.41, 5.74) is 0.875. The Morgan fingerprint density at radius 2 is 1.85 bits per heavy atom. The molecule has 0 amide bonds. The molecule has 5 heteroatoms. The van der Waals surface area contributed by atoms with Gasteiger partial charge in [0.1, 0.15) is 0 Å². The monoisotopic (exact) mass is 306 g/mol. The van der Waals surface area contributed by atoms with Gasteiger partial charge in [-0.3, -0.25) is 0 Å². The summed E-state index contributed by atoms with van der Waals surface area (Å²) in [6.45, 7) is 0. The minimum Gasteiger partial charge on any atom is -0.412 e. The van der Waals surface area contributed by atoms with Crippen LogP contribution in [-0.4, -0.2) is 10.2 Å². The Morgan fingerprint density at radius 1 is 1.15 bits per heavy atom. The molecule has 66 valence electrons. The van der Waals surface area contributed by atoms with E-state index in [9.17, 15) is 0 Å². The largest absolute Gasteiger partial charge is 0.412 e. The fourth-order valence-electron chi connectivity index (χ4n) is 0.914. The second-order valence-corrected chi connectivity index (χ2v) is 3.73. The fourth-order valence-corrected chi connectivity index (χ4v) is 1.36. The molecule has 0 fully saturated rings. The van der Waals surface area contributed by atoms with Crippen LogP contribution < -0.4 is 0 Å². The molecule has 0 saturated carbocycles. The van der Waals surface area contributed by atoms with Crippen LogP contribution in [0.1, 0.15) is 0 Å². The molecule has 3 nitrogen and oxygen atoms in total. The van der Waals surface area contributed by atoms with E-state index in [1.807, 2.05) is 34.7 Å². The van der Waals surface area contributed by atoms with Gasteiger partial charge in [-0.05, 0) is 24.3 Å².